The third-order valence-corrected chi connectivity index (χ3v) is 7.82. The molecule has 0 radical (unpaired) electrons. The number of amides is 1. The number of carbonyl (C=O) groups excluding carboxylic acids is 1. The van der Waals surface area contributed by atoms with Crippen molar-refractivity contribution in [1.82, 2.24) is 9.88 Å². The molecule has 0 saturated heterocycles. The number of sulfonamides is 1. The summed E-state index contributed by atoms with van der Waals surface area (Å²) in [6.07, 6.45) is 2.04. The van der Waals surface area contributed by atoms with Gasteiger partial charge in [0.15, 0.2) is 0 Å². The Hall–Kier alpha value is -3.66. The second kappa shape index (κ2) is 11.4. The van der Waals surface area contributed by atoms with Crippen LogP contribution in [0.3, 0.4) is 0 Å². The molecular formula is C29H34N4O4S. The summed E-state index contributed by atoms with van der Waals surface area (Å²) in [5.41, 5.74) is 2.61. The van der Waals surface area contributed by atoms with Crippen molar-refractivity contribution in [3.8, 4) is 0 Å². The van der Waals surface area contributed by atoms with Gasteiger partial charge in [0.2, 0.25) is 5.91 Å². The number of β-amino-alcohol motifs (C(OH)–C–C–N with tert-alkyl or cyclic N) is 1. The van der Waals surface area contributed by atoms with Gasteiger partial charge in [-0.15, -0.1) is 0 Å². The Bertz CT molecular complexity index is 1510. The Balaban J connectivity index is 1.34. The molecule has 4 aromatic rings. The van der Waals surface area contributed by atoms with E-state index in [4.69, 9.17) is 0 Å². The molecular weight excluding hydrogens is 500 g/mol. The Morgan fingerprint density at radius 3 is 2.47 bits per heavy atom. The molecule has 1 heterocycles. The Kier molecular flexibility index (Phi) is 8.20. The minimum absolute atomic E-state index is 0.0981. The highest BCUT2D eigenvalue weighted by Gasteiger charge is 2.20. The lowest BCUT2D eigenvalue weighted by atomic mass is 9.99. The quantitative estimate of drug-likeness (QED) is 0.219. The van der Waals surface area contributed by atoms with Gasteiger partial charge in [0.25, 0.3) is 10.0 Å². The van der Waals surface area contributed by atoms with E-state index in [0.29, 0.717) is 17.8 Å². The predicted molar refractivity (Wildman–Crippen MR) is 152 cm³/mol. The van der Waals surface area contributed by atoms with Gasteiger partial charge < -0.3 is 20.3 Å². The monoisotopic (exact) mass is 534 g/mol. The fraction of sp³-hybridized carbons (Fsp3) is 0.276. The summed E-state index contributed by atoms with van der Waals surface area (Å²) in [5.74, 6) is -0.0981. The summed E-state index contributed by atoms with van der Waals surface area (Å²) in [4.78, 5) is 11.5. The van der Waals surface area contributed by atoms with Crippen molar-refractivity contribution in [2.75, 3.05) is 16.6 Å². The molecule has 200 valence electrons. The van der Waals surface area contributed by atoms with Crippen molar-refractivity contribution in [3.63, 3.8) is 0 Å². The number of nitrogens with one attached hydrogen (secondary N) is 3. The highest BCUT2D eigenvalue weighted by atomic mass is 32.2. The van der Waals surface area contributed by atoms with Crippen molar-refractivity contribution in [2.45, 2.75) is 50.3 Å². The molecule has 1 amide bonds. The lowest BCUT2D eigenvalue weighted by Gasteiger charge is -2.28. The first-order valence-electron chi connectivity index (χ1n) is 12.5. The molecule has 0 saturated carbocycles. The van der Waals surface area contributed by atoms with Crippen LogP contribution in [0.5, 0.6) is 0 Å². The van der Waals surface area contributed by atoms with E-state index in [2.05, 4.69) is 33.8 Å². The fourth-order valence-corrected chi connectivity index (χ4v) is 5.35. The summed E-state index contributed by atoms with van der Waals surface area (Å²) in [7, 11) is -3.71. The van der Waals surface area contributed by atoms with Gasteiger partial charge in [0, 0.05) is 54.0 Å². The van der Waals surface area contributed by atoms with Crippen LogP contribution in [-0.2, 0) is 21.4 Å². The number of aryl methyl sites for hydroxylation is 1. The normalized spacial score (nSPS) is 12.8. The Labute approximate surface area is 223 Å². The van der Waals surface area contributed by atoms with Gasteiger partial charge in [-0.1, -0.05) is 30.3 Å². The third kappa shape index (κ3) is 7.00. The first kappa shape index (κ1) is 27.4. The molecule has 0 fully saturated rings. The van der Waals surface area contributed by atoms with Crippen LogP contribution in [0.25, 0.3) is 10.9 Å². The zero-order chi connectivity index (χ0) is 27.3. The van der Waals surface area contributed by atoms with Crippen LogP contribution in [0.1, 0.15) is 38.9 Å². The highest BCUT2D eigenvalue weighted by molar-refractivity contribution is 7.92. The molecule has 38 heavy (non-hydrogen) atoms. The smallest absolute Gasteiger partial charge is 0.261 e. The van der Waals surface area contributed by atoms with Gasteiger partial charge in [-0.2, -0.15) is 0 Å². The van der Waals surface area contributed by atoms with Crippen molar-refractivity contribution >= 4 is 38.2 Å². The third-order valence-electron chi connectivity index (χ3n) is 6.42. The van der Waals surface area contributed by atoms with E-state index in [1.54, 1.807) is 42.5 Å². The van der Waals surface area contributed by atoms with Gasteiger partial charge in [0.05, 0.1) is 11.0 Å². The van der Waals surface area contributed by atoms with E-state index in [1.807, 2.05) is 30.5 Å². The predicted octanol–water partition coefficient (Wildman–Crippen LogP) is 4.89. The number of aromatic nitrogens is 1. The van der Waals surface area contributed by atoms with Gasteiger partial charge >= 0.3 is 0 Å². The van der Waals surface area contributed by atoms with Crippen LogP contribution in [0, 0.1) is 0 Å². The molecule has 0 aliphatic carbocycles. The minimum atomic E-state index is -3.71. The number of aliphatic hydroxyl groups is 1. The maximum Gasteiger partial charge on any atom is 0.261 e. The van der Waals surface area contributed by atoms with Crippen LogP contribution in [-0.4, -0.2) is 36.1 Å². The molecule has 4 rings (SSSR count). The van der Waals surface area contributed by atoms with Crippen LogP contribution < -0.4 is 15.4 Å². The fourth-order valence-electron chi connectivity index (χ4n) is 4.28. The van der Waals surface area contributed by atoms with Crippen LogP contribution in [0.15, 0.2) is 90.0 Å². The Morgan fingerprint density at radius 1 is 0.974 bits per heavy atom. The number of hydrogen-bond acceptors (Lipinski definition) is 5. The summed E-state index contributed by atoms with van der Waals surface area (Å²) in [6.45, 7) is 6.76. The summed E-state index contributed by atoms with van der Waals surface area (Å²) in [6, 6.07) is 22.9. The summed E-state index contributed by atoms with van der Waals surface area (Å²) in [5, 5.41) is 18.1. The van der Waals surface area contributed by atoms with Crippen LogP contribution in [0.4, 0.5) is 11.4 Å². The SMILES string of the molecule is CC(=O)Nc1ccc2c(ccn2CCC(C)(C)NCC(O)c2cccc(NS(=O)(=O)c3ccccc3)c2)c1. The molecule has 1 aromatic heterocycles. The number of benzene rings is 3. The van der Waals surface area contributed by atoms with Gasteiger partial charge in [-0.3, -0.25) is 9.52 Å². The molecule has 0 spiro atoms. The number of aliphatic hydroxyl groups excluding tert-OH is 1. The van der Waals surface area contributed by atoms with Crippen molar-refractivity contribution in [3.05, 3.63) is 90.6 Å². The van der Waals surface area contributed by atoms with Crippen molar-refractivity contribution in [2.24, 2.45) is 0 Å². The number of anilines is 2. The van der Waals surface area contributed by atoms with E-state index in [1.165, 1.54) is 19.1 Å². The molecule has 8 nitrogen and oxygen atoms in total. The van der Waals surface area contributed by atoms with E-state index >= 15 is 0 Å². The minimum Gasteiger partial charge on any atom is -0.387 e. The van der Waals surface area contributed by atoms with E-state index < -0.39 is 16.1 Å². The van der Waals surface area contributed by atoms with Crippen LogP contribution >= 0.6 is 0 Å². The lowest BCUT2D eigenvalue weighted by molar-refractivity contribution is -0.114. The second-order valence-corrected chi connectivity index (χ2v) is 11.7. The molecule has 4 N–H and O–H groups in total. The molecule has 1 unspecified atom stereocenters. The van der Waals surface area contributed by atoms with Crippen molar-refractivity contribution < 1.29 is 18.3 Å². The van der Waals surface area contributed by atoms with E-state index in [-0.39, 0.29) is 16.3 Å². The first-order chi connectivity index (χ1) is 18.0. The van der Waals surface area contributed by atoms with Crippen molar-refractivity contribution in [1.29, 1.82) is 0 Å². The average Bonchev–Trinajstić information content (AvgIpc) is 3.28. The number of nitrogens with zero attached hydrogens (tertiary/aromatic N) is 1. The van der Waals surface area contributed by atoms with Gasteiger partial charge in [-0.25, -0.2) is 8.42 Å². The van der Waals surface area contributed by atoms with Crippen LogP contribution in [0.2, 0.25) is 0 Å². The maximum absolute atomic E-state index is 12.6. The standard InChI is InChI=1S/C29H34N4O4S/c1-21(34)31-24-12-13-27-22(18-24)14-16-33(27)17-15-29(2,3)30-20-28(35)23-8-7-9-25(19-23)32-38(36,37)26-10-5-4-6-11-26/h4-14,16,18-19,28,30,32,35H,15,17,20H2,1-3H3,(H,31,34). The van der Waals surface area contributed by atoms with E-state index in [9.17, 15) is 18.3 Å². The Morgan fingerprint density at radius 2 is 1.74 bits per heavy atom. The molecule has 0 bridgehead atoms. The number of hydrogen-bond donors (Lipinski definition) is 4. The average molecular weight is 535 g/mol. The number of rotatable bonds is 11. The molecule has 1 atom stereocenters. The number of carbonyl (C=O) groups is 1. The second-order valence-electron chi connectivity index (χ2n) is 10.0. The van der Waals surface area contributed by atoms with E-state index in [0.717, 1.165) is 29.6 Å². The summed E-state index contributed by atoms with van der Waals surface area (Å²) < 4.78 is 30.0. The van der Waals surface area contributed by atoms with Gasteiger partial charge in [0.1, 0.15) is 0 Å². The number of fused-ring (bicyclic) bond motifs is 1. The topological polar surface area (TPSA) is 112 Å². The zero-order valence-corrected chi connectivity index (χ0v) is 22.6. The maximum atomic E-state index is 12.6. The largest absolute Gasteiger partial charge is 0.387 e. The molecule has 0 aliphatic rings. The highest BCUT2D eigenvalue weighted by Crippen LogP contribution is 2.24. The lowest BCUT2D eigenvalue weighted by Crippen LogP contribution is -2.42. The molecule has 3 aromatic carbocycles. The first-order valence-corrected chi connectivity index (χ1v) is 14.0. The zero-order valence-electron chi connectivity index (χ0n) is 21.8. The van der Waals surface area contributed by atoms with Gasteiger partial charge in [-0.05, 0) is 74.4 Å². The molecule has 9 heteroatoms. The molecule has 0 aliphatic heterocycles. The summed E-state index contributed by atoms with van der Waals surface area (Å²) >= 11 is 0.